The normalized spacial score (nSPS) is 15.9. The molecule has 0 bridgehead atoms. The number of nitrogens with one attached hydrogen (secondary N) is 1. The van der Waals surface area contributed by atoms with Gasteiger partial charge in [0.05, 0.1) is 19.3 Å². The van der Waals surface area contributed by atoms with E-state index in [0.29, 0.717) is 25.6 Å². The largest absolute Gasteiger partial charge is 0.379 e. The van der Waals surface area contributed by atoms with Crippen LogP contribution in [-0.2, 0) is 22.5 Å². The molecule has 1 N–H and O–H groups in total. The summed E-state index contributed by atoms with van der Waals surface area (Å²) in [7, 11) is 0. The van der Waals surface area contributed by atoms with Crippen LogP contribution in [0, 0.1) is 0 Å². The molecule has 0 radical (unpaired) electrons. The zero-order valence-electron chi connectivity index (χ0n) is 16.1. The maximum atomic E-state index is 12.5. The quantitative estimate of drug-likeness (QED) is 0.604. The van der Waals surface area contributed by atoms with Gasteiger partial charge in [-0.1, -0.05) is 36.4 Å². The summed E-state index contributed by atoms with van der Waals surface area (Å²) in [6.45, 7) is 3.63. The highest BCUT2D eigenvalue weighted by Gasteiger charge is 2.29. The zero-order valence-corrected chi connectivity index (χ0v) is 16.9. The molecule has 0 saturated carbocycles. The lowest BCUT2D eigenvalue weighted by Gasteiger charge is -2.33. The summed E-state index contributed by atoms with van der Waals surface area (Å²) in [6, 6.07) is 14.1. The molecule has 1 aromatic carbocycles. The molecule has 29 heavy (non-hydrogen) atoms. The van der Waals surface area contributed by atoms with Gasteiger partial charge >= 0.3 is 0 Å². The Hall–Kier alpha value is -2.62. The molecule has 1 aliphatic rings. The Morgan fingerprint density at radius 1 is 1.17 bits per heavy atom. The molecule has 9 heteroatoms. The number of nitrogens with zero attached hydrogens (tertiary/aromatic N) is 5. The number of benzene rings is 1. The third-order valence-electron chi connectivity index (χ3n) is 4.90. The summed E-state index contributed by atoms with van der Waals surface area (Å²) in [5.74, 6) is 0.579. The van der Waals surface area contributed by atoms with E-state index in [0.717, 1.165) is 25.1 Å². The Labute approximate surface area is 173 Å². The Morgan fingerprint density at radius 2 is 2.00 bits per heavy atom. The molecule has 0 spiro atoms. The maximum Gasteiger partial charge on any atom is 0.241 e. The molecule has 2 aromatic heterocycles. The Bertz CT molecular complexity index is 893. The van der Waals surface area contributed by atoms with E-state index in [2.05, 4.69) is 43.9 Å². The predicted octanol–water partition coefficient (Wildman–Crippen LogP) is 1.52. The van der Waals surface area contributed by atoms with Crippen molar-refractivity contribution in [2.24, 2.45) is 0 Å². The van der Waals surface area contributed by atoms with Crippen LogP contribution in [0.3, 0.4) is 0 Å². The van der Waals surface area contributed by atoms with Crippen LogP contribution < -0.4 is 5.32 Å². The van der Waals surface area contributed by atoms with Crippen LogP contribution in [0.15, 0.2) is 47.8 Å². The second kappa shape index (κ2) is 9.73. The first-order valence-corrected chi connectivity index (χ1v) is 10.6. The summed E-state index contributed by atoms with van der Waals surface area (Å²) in [6.07, 6.45) is 0.826. The van der Waals surface area contributed by atoms with Crippen molar-refractivity contribution < 1.29 is 9.53 Å². The van der Waals surface area contributed by atoms with Gasteiger partial charge in [0.1, 0.15) is 6.54 Å². The smallest absolute Gasteiger partial charge is 0.241 e. The molecular formula is C20H24N6O2S. The number of ether oxygens (including phenoxy) is 1. The highest BCUT2D eigenvalue weighted by Crippen LogP contribution is 2.27. The van der Waals surface area contributed by atoms with Crippen LogP contribution >= 0.6 is 11.3 Å². The molecule has 152 valence electrons. The average Bonchev–Trinajstić information content (AvgIpc) is 3.43. The fourth-order valence-corrected chi connectivity index (χ4v) is 4.20. The minimum Gasteiger partial charge on any atom is -0.379 e. The topological polar surface area (TPSA) is 85.2 Å². The van der Waals surface area contributed by atoms with E-state index in [1.165, 1.54) is 4.88 Å². The van der Waals surface area contributed by atoms with Crippen molar-refractivity contribution in [1.29, 1.82) is 0 Å². The molecule has 1 aliphatic heterocycles. The standard InChI is InChI=1S/C20H24N6O2S/c27-18(21-9-8-17-7-4-14-29-17)15-26-20(22-23-24-26)19(16-5-2-1-3-6-16)25-10-12-28-13-11-25/h1-7,14,19H,8-13,15H2,(H,21,27). The van der Waals surface area contributed by atoms with E-state index >= 15 is 0 Å². The number of carbonyl (C=O) groups is 1. The number of hydrogen-bond donors (Lipinski definition) is 1. The first-order valence-electron chi connectivity index (χ1n) is 9.73. The minimum atomic E-state index is -0.117. The number of tetrazole rings is 1. The van der Waals surface area contributed by atoms with Crippen LogP contribution in [0.5, 0.6) is 0 Å². The lowest BCUT2D eigenvalue weighted by atomic mass is 10.0. The van der Waals surface area contributed by atoms with Gasteiger partial charge in [0.2, 0.25) is 5.91 Å². The molecule has 4 rings (SSSR count). The molecule has 1 amide bonds. The number of aromatic nitrogens is 4. The van der Waals surface area contributed by atoms with Crippen LogP contribution in [0.1, 0.15) is 22.3 Å². The third kappa shape index (κ3) is 5.06. The Kier molecular flexibility index (Phi) is 6.60. The number of thiophene rings is 1. The fraction of sp³-hybridized carbons (Fsp3) is 0.400. The summed E-state index contributed by atoms with van der Waals surface area (Å²) >= 11 is 1.70. The van der Waals surface area contributed by atoms with E-state index in [1.54, 1.807) is 16.0 Å². The van der Waals surface area contributed by atoms with E-state index in [9.17, 15) is 4.79 Å². The van der Waals surface area contributed by atoms with Crippen molar-refractivity contribution >= 4 is 17.2 Å². The van der Waals surface area contributed by atoms with Crippen LogP contribution in [0.25, 0.3) is 0 Å². The van der Waals surface area contributed by atoms with E-state index in [1.807, 2.05) is 29.6 Å². The SMILES string of the molecule is O=C(Cn1nnnc1C(c1ccccc1)N1CCOCC1)NCCc1cccs1. The lowest BCUT2D eigenvalue weighted by molar-refractivity contribution is -0.121. The second-order valence-electron chi connectivity index (χ2n) is 6.84. The number of rotatable bonds is 8. The van der Waals surface area contributed by atoms with E-state index in [-0.39, 0.29) is 18.5 Å². The highest BCUT2D eigenvalue weighted by atomic mass is 32.1. The third-order valence-corrected chi connectivity index (χ3v) is 5.83. The Morgan fingerprint density at radius 3 is 2.76 bits per heavy atom. The highest BCUT2D eigenvalue weighted by molar-refractivity contribution is 7.09. The van der Waals surface area contributed by atoms with E-state index < -0.39 is 0 Å². The molecule has 1 fully saturated rings. The minimum absolute atomic E-state index is 0.0936. The van der Waals surface area contributed by atoms with Crippen LogP contribution in [0.2, 0.25) is 0 Å². The number of amides is 1. The van der Waals surface area contributed by atoms with Gasteiger partial charge in [0.15, 0.2) is 5.82 Å². The lowest BCUT2D eigenvalue weighted by Crippen LogP contribution is -2.41. The maximum absolute atomic E-state index is 12.5. The first-order chi connectivity index (χ1) is 14.3. The summed E-state index contributed by atoms with van der Waals surface area (Å²) in [4.78, 5) is 16.0. The molecular weight excluding hydrogens is 388 g/mol. The van der Waals surface area contributed by atoms with Crippen molar-refractivity contribution in [3.8, 4) is 0 Å². The molecule has 1 saturated heterocycles. The van der Waals surface area contributed by atoms with Crippen molar-refractivity contribution in [2.75, 3.05) is 32.8 Å². The predicted molar refractivity (Wildman–Crippen MR) is 110 cm³/mol. The summed E-state index contributed by atoms with van der Waals surface area (Å²) < 4.78 is 7.11. The van der Waals surface area contributed by atoms with Gasteiger partial charge in [-0.05, 0) is 33.9 Å². The average molecular weight is 413 g/mol. The molecule has 0 aliphatic carbocycles. The van der Waals surface area contributed by atoms with Gasteiger partial charge in [0.25, 0.3) is 0 Å². The van der Waals surface area contributed by atoms with Crippen LogP contribution in [0.4, 0.5) is 0 Å². The van der Waals surface area contributed by atoms with Gasteiger partial charge in [-0.2, -0.15) is 0 Å². The number of morpholine rings is 1. The van der Waals surface area contributed by atoms with Crippen LogP contribution in [-0.4, -0.2) is 63.9 Å². The van der Waals surface area contributed by atoms with Gasteiger partial charge in [-0.15, -0.1) is 16.4 Å². The number of hydrogen-bond acceptors (Lipinski definition) is 7. The fourth-order valence-electron chi connectivity index (χ4n) is 3.49. The van der Waals surface area contributed by atoms with Gasteiger partial charge in [-0.25, -0.2) is 4.68 Å². The van der Waals surface area contributed by atoms with Crippen molar-refractivity contribution in [3.05, 3.63) is 64.1 Å². The van der Waals surface area contributed by atoms with Crippen molar-refractivity contribution in [1.82, 2.24) is 30.4 Å². The molecule has 3 heterocycles. The summed E-state index contributed by atoms with van der Waals surface area (Å²) in [5.41, 5.74) is 1.10. The van der Waals surface area contributed by atoms with Gasteiger partial charge < -0.3 is 10.1 Å². The first kappa shape index (κ1) is 19.7. The van der Waals surface area contributed by atoms with Crippen molar-refractivity contribution in [2.45, 2.75) is 19.0 Å². The van der Waals surface area contributed by atoms with Gasteiger partial charge in [-0.3, -0.25) is 9.69 Å². The number of carbonyl (C=O) groups excluding carboxylic acids is 1. The molecule has 3 aromatic rings. The van der Waals surface area contributed by atoms with Crippen molar-refractivity contribution in [3.63, 3.8) is 0 Å². The second-order valence-corrected chi connectivity index (χ2v) is 7.87. The molecule has 1 unspecified atom stereocenters. The monoisotopic (exact) mass is 412 g/mol. The zero-order chi connectivity index (χ0) is 19.9. The molecule has 1 atom stereocenters. The van der Waals surface area contributed by atoms with E-state index in [4.69, 9.17) is 4.74 Å². The summed E-state index contributed by atoms with van der Waals surface area (Å²) in [5, 5.41) is 17.2. The molecule has 8 nitrogen and oxygen atoms in total. The van der Waals surface area contributed by atoms with Gasteiger partial charge in [0, 0.05) is 24.5 Å². The Balaban J connectivity index is 1.47.